The summed E-state index contributed by atoms with van der Waals surface area (Å²) in [6.07, 6.45) is -4.43. The number of hydrogen-bond donors (Lipinski definition) is 1. The molecule has 1 aliphatic rings. The monoisotopic (exact) mass is 208 g/mol. The van der Waals surface area contributed by atoms with Crippen molar-refractivity contribution in [3.05, 3.63) is 0 Å². The van der Waals surface area contributed by atoms with Crippen LogP contribution in [0.3, 0.4) is 0 Å². The van der Waals surface area contributed by atoms with E-state index in [1.165, 1.54) is 0 Å². The molecular formula is C9H15F3N2. The van der Waals surface area contributed by atoms with Gasteiger partial charge in [-0.1, -0.05) is 20.8 Å². The molecule has 0 bridgehead atoms. The molecule has 14 heavy (non-hydrogen) atoms. The van der Waals surface area contributed by atoms with E-state index in [0.717, 1.165) is 0 Å². The maximum atomic E-state index is 13.0. The second kappa shape index (κ2) is 2.87. The minimum Gasteiger partial charge on any atom is -0.387 e. The fraction of sp³-hybridized carbons (Fsp3) is 0.889. The van der Waals surface area contributed by atoms with Crippen LogP contribution in [0, 0.1) is 10.8 Å². The predicted molar refractivity (Wildman–Crippen MR) is 49.0 cm³/mol. The highest BCUT2D eigenvalue weighted by Crippen LogP contribution is 2.55. The molecular weight excluding hydrogens is 193 g/mol. The molecule has 0 aromatic carbocycles. The Bertz CT molecular complexity index is 246. The molecule has 0 saturated heterocycles. The smallest absolute Gasteiger partial charge is 0.387 e. The van der Waals surface area contributed by atoms with Crippen LogP contribution in [0.5, 0.6) is 0 Å². The highest BCUT2D eigenvalue weighted by atomic mass is 19.4. The summed E-state index contributed by atoms with van der Waals surface area (Å²) in [6.45, 7) is 4.49. The van der Waals surface area contributed by atoms with Crippen LogP contribution in [0.1, 0.15) is 27.2 Å². The van der Waals surface area contributed by atoms with Crippen molar-refractivity contribution < 1.29 is 13.2 Å². The molecule has 0 spiro atoms. The zero-order valence-electron chi connectivity index (χ0n) is 8.57. The van der Waals surface area contributed by atoms with E-state index in [1.54, 1.807) is 20.8 Å². The van der Waals surface area contributed by atoms with Crippen LogP contribution in [-0.4, -0.2) is 18.6 Å². The molecule has 0 aliphatic carbocycles. The first kappa shape index (κ1) is 11.3. The summed E-state index contributed by atoms with van der Waals surface area (Å²) in [5.74, 6) is 0.109. The second-order valence-electron chi connectivity index (χ2n) is 4.81. The van der Waals surface area contributed by atoms with Crippen molar-refractivity contribution in [3.63, 3.8) is 0 Å². The van der Waals surface area contributed by atoms with E-state index in [0.29, 0.717) is 0 Å². The van der Waals surface area contributed by atoms with E-state index >= 15 is 0 Å². The van der Waals surface area contributed by atoms with E-state index in [1.807, 2.05) is 0 Å². The first-order valence-electron chi connectivity index (χ1n) is 4.46. The van der Waals surface area contributed by atoms with Gasteiger partial charge < -0.3 is 5.73 Å². The number of nitrogens with two attached hydrogens (primary N) is 1. The Morgan fingerprint density at radius 1 is 1.29 bits per heavy atom. The number of nitrogens with zero attached hydrogens (tertiary/aromatic N) is 1. The lowest BCUT2D eigenvalue weighted by Gasteiger charge is -2.42. The van der Waals surface area contributed by atoms with Crippen LogP contribution >= 0.6 is 0 Å². The zero-order valence-corrected chi connectivity index (χ0v) is 8.57. The topological polar surface area (TPSA) is 38.4 Å². The summed E-state index contributed by atoms with van der Waals surface area (Å²) >= 11 is 0. The van der Waals surface area contributed by atoms with Crippen LogP contribution in [0.2, 0.25) is 0 Å². The van der Waals surface area contributed by atoms with Crippen molar-refractivity contribution in [2.24, 2.45) is 21.6 Å². The molecule has 82 valence electrons. The number of hydrogen-bond acceptors (Lipinski definition) is 2. The number of aliphatic imine (C=N–C) groups is 1. The summed E-state index contributed by atoms with van der Waals surface area (Å²) in [5.41, 5.74) is 2.69. The van der Waals surface area contributed by atoms with Crippen LogP contribution in [0.15, 0.2) is 4.99 Å². The quantitative estimate of drug-likeness (QED) is 0.652. The third-order valence-corrected chi connectivity index (χ3v) is 3.01. The molecule has 1 rings (SSSR count). The average molecular weight is 208 g/mol. The Kier molecular flexibility index (Phi) is 2.33. The Morgan fingerprint density at radius 3 is 1.93 bits per heavy atom. The van der Waals surface area contributed by atoms with Gasteiger partial charge in [-0.3, -0.25) is 4.99 Å². The van der Waals surface area contributed by atoms with Crippen LogP contribution < -0.4 is 5.73 Å². The molecule has 0 amide bonds. The predicted octanol–water partition coefficient (Wildman–Crippen LogP) is 2.34. The maximum absolute atomic E-state index is 13.0. The van der Waals surface area contributed by atoms with Crippen molar-refractivity contribution in [2.75, 3.05) is 6.54 Å². The van der Waals surface area contributed by atoms with Crippen LogP contribution in [-0.2, 0) is 0 Å². The molecule has 1 atom stereocenters. The van der Waals surface area contributed by atoms with E-state index in [-0.39, 0.29) is 18.8 Å². The van der Waals surface area contributed by atoms with Crippen molar-refractivity contribution in [1.29, 1.82) is 0 Å². The number of halogens is 3. The standard InChI is InChI=1S/C9H15F3N2/c1-7(2,3)8(9(10,11)12)4-6(13)14-5-8/h4-5H2,1-3H3,(H2,13,14). The van der Waals surface area contributed by atoms with Crippen molar-refractivity contribution in [2.45, 2.75) is 33.4 Å². The summed E-state index contributed by atoms with van der Waals surface area (Å²) in [4.78, 5) is 3.70. The summed E-state index contributed by atoms with van der Waals surface area (Å²) < 4.78 is 38.9. The lowest BCUT2D eigenvalue weighted by atomic mass is 9.65. The Labute approximate surface area is 81.4 Å². The zero-order chi connectivity index (χ0) is 11.2. The molecule has 0 fully saturated rings. The van der Waals surface area contributed by atoms with Crippen molar-refractivity contribution in [3.8, 4) is 0 Å². The van der Waals surface area contributed by atoms with Crippen LogP contribution in [0.4, 0.5) is 13.2 Å². The summed E-state index contributed by atoms with van der Waals surface area (Å²) in [5, 5.41) is 0. The minimum atomic E-state index is -4.25. The molecule has 0 aromatic heterocycles. The number of amidine groups is 1. The SMILES string of the molecule is CC(C)(C)C1(C(F)(F)F)CN=C(N)C1. The van der Waals surface area contributed by atoms with Gasteiger partial charge in [0.25, 0.3) is 0 Å². The molecule has 0 radical (unpaired) electrons. The summed E-state index contributed by atoms with van der Waals surface area (Å²) in [6, 6.07) is 0. The number of alkyl halides is 3. The first-order valence-corrected chi connectivity index (χ1v) is 4.46. The maximum Gasteiger partial charge on any atom is 0.397 e. The lowest BCUT2D eigenvalue weighted by Crippen LogP contribution is -2.49. The van der Waals surface area contributed by atoms with Crippen LogP contribution in [0.25, 0.3) is 0 Å². The molecule has 2 N–H and O–H groups in total. The van der Waals surface area contributed by atoms with Gasteiger partial charge in [-0.15, -0.1) is 0 Å². The minimum absolute atomic E-state index is 0.109. The number of rotatable bonds is 0. The lowest BCUT2D eigenvalue weighted by molar-refractivity contribution is -0.248. The Morgan fingerprint density at radius 2 is 1.79 bits per heavy atom. The fourth-order valence-electron chi connectivity index (χ4n) is 1.77. The molecule has 2 nitrogen and oxygen atoms in total. The van der Waals surface area contributed by atoms with Gasteiger partial charge in [0.1, 0.15) is 0 Å². The van der Waals surface area contributed by atoms with Crippen molar-refractivity contribution in [1.82, 2.24) is 0 Å². The largest absolute Gasteiger partial charge is 0.397 e. The Balaban J connectivity index is 3.08. The van der Waals surface area contributed by atoms with Gasteiger partial charge in [0, 0.05) is 6.42 Å². The molecule has 5 heteroatoms. The van der Waals surface area contributed by atoms with E-state index in [9.17, 15) is 13.2 Å². The van der Waals surface area contributed by atoms with Gasteiger partial charge in [-0.05, 0) is 5.41 Å². The normalized spacial score (nSPS) is 29.1. The van der Waals surface area contributed by atoms with Gasteiger partial charge >= 0.3 is 6.18 Å². The summed E-state index contributed by atoms with van der Waals surface area (Å²) in [7, 11) is 0. The van der Waals surface area contributed by atoms with Gasteiger partial charge in [0.2, 0.25) is 0 Å². The molecule has 0 aromatic rings. The Hall–Kier alpha value is -0.740. The first-order chi connectivity index (χ1) is 6.10. The third-order valence-electron chi connectivity index (χ3n) is 3.01. The van der Waals surface area contributed by atoms with Gasteiger partial charge in [-0.2, -0.15) is 13.2 Å². The molecule has 1 heterocycles. The van der Waals surface area contributed by atoms with Gasteiger partial charge in [0.15, 0.2) is 0 Å². The fourth-order valence-corrected chi connectivity index (χ4v) is 1.77. The molecule has 0 saturated carbocycles. The average Bonchev–Trinajstić information content (AvgIpc) is 2.28. The van der Waals surface area contributed by atoms with E-state index in [4.69, 9.17) is 5.73 Å². The van der Waals surface area contributed by atoms with Crippen molar-refractivity contribution >= 4 is 5.84 Å². The highest BCUT2D eigenvalue weighted by Gasteiger charge is 2.62. The van der Waals surface area contributed by atoms with Gasteiger partial charge in [-0.25, -0.2) is 0 Å². The van der Waals surface area contributed by atoms with E-state index in [2.05, 4.69) is 4.99 Å². The third kappa shape index (κ3) is 1.48. The highest BCUT2D eigenvalue weighted by molar-refractivity contribution is 5.83. The van der Waals surface area contributed by atoms with Gasteiger partial charge in [0.05, 0.1) is 17.8 Å². The van der Waals surface area contributed by atoms with E-state index < -0.39 is 17.0 Å². The molecule has 1 unspecified atom stereocenters. The second-order valence-corrected chi connectivity index (χ2v) is 4.81. The molecule has 1 aliphatic heterocycles.